The Labute approximate surface area is 66.0 Å². The Morgan fingerprint density at radius 1 is 1.67 bits per heavy atom. The standard InChI is InChI=1S/C6H13NOS/c1-4-7(5-2)6(9)8-3/h4-5H2,1-3H3/i3D3. The van der Waals surface area contributed by atoms with Crippen molar-refractivity contribution in [2.75, 3.05) is 20.1 Å². The van der Waals surface area contributed by atoms with Gasteiger partial charge in [-0.05, 0) is 26.1 Å². The lowest BCUT2D eigenvalue weighted by Gasteiger charge is -2.19. The number of hydrogen-bond donors (Lipinski definition) is 0. The first-order valence-corrected chi connectivity index (χ1v) is 3.29. The molecule has 2 nitrogen and oxygen atoms in total. The van der Waals surface area contributed by atoms with Gasteiger partial charge in [0.1, 0.15) is 0 Å². The molecule has 0 aliphatic rings. The number of hydrogen-bond acceptors (Lipinski definition) is 2. The van der Waals surface area contributed by atoms with Crippen LogP contribution in [0, 0.1) is 0 Å². The molecule has 0 bridgehead atoms. The Morgan fingerprint density at radius 2 is 2.22 bits per heavy atom. The van der Waals surface area contributed by atoms with Crippen molar-refractivity contribution in [1.82, 2.24) is 4.90 Å². The largest absolute Gasteiger partial charge is 0.474 e. The molecule has 0 fully saturated rings. The summed E-state index contributed by atoms with van der Waals surface area (Å²) in [6.45, 7) is 5.09. The molecule has 0 aliphatic heterocycles. The molecule has 3 heteroatoms. The fourth-order valence-corrected chi connectivity index (χ4v) is 0.805. The highest BCUT2D eigenvalue weighted by molar-refractivity contribution is 7.80. The molecule has 0 heterocycles. The third-order valence-electron chi connectivity index (χ3n) is 1.11. The molecule has 0 atom stereocenters. The molecule has 0 spiro atoms. The topological polar surface area (TPSA) is 12.5 Å². The number of thiocarbonyl (C=S) groups is 1. The zero-order chi connectivity index (χ0) is 9.78. The van der Waals surface area contributed by atoms with Crippen LogP contribution in [0.5, 0.6) is 0 Å². The van der Waals surface area contributed by atoms with E-state index in [1.165, 1.54) is 0 Å². The lowest BCUT2D eigenvalue weighted by molar-refractivity contribution is 0.309. The van der Waals surface area contributed by atoms with Crippen molar-refractivity contribution in [1.29, 1.82) is 0 Å². The average Bonchev–Trinajstić information content (AvgIpc) is 1.85. The van der Waals surface area contributed by atoms with Crippen LogP contribution in [0.15, 0.2) is 0 Å². The molecule has 0 N–H and O–H groups in total. The van der Waals surface area contributed by atoms with Crippen LogP contribution in [-0.2, 0) is 4.74 Å². The first-order valence-electron chi connectivity index (χ1n) is 4.38. The molecule has 0 aromatic rings. The zero-order valence-electron chi connectivity index (χ0n) is 8.68. The zero-order valence-corrected chi connectivity index (χ0v) is 6.49. The minimum Gasteiger partial charge on any atom is -0.474 e. The molecule has 0 saturated carbocycles. The summed E-state index contributed by atoms with van der Waals surface area (Å²) in [6, 6.07) is 0. The summed E-state index contributed by atoms with van der Waals surface area (Å²) in [5.74, 6) is 0. The fraction of sp³-hybridized carbons (Fsp3) is 0.833. The highest BCUT2D eigenvalue weighted by Gasteiger charge is 2.01. The van der Waals surface area contributed by atoms with Crippen LogP contribution in [0.25, 0.3) is 0 Å². The Kier molecular flexibility index (Phi) is 2.28. The summed E-state index contributed by atoms with van der Waals surface area (Å²) in [6.07, 6.45) is 0. The molecule has 0 amide bonds. The fourth-order valence-electron chi connectivity index (χ4n) is 0.546. The second-order valence-electron chi connectivity index (χ2n) is 1.54. The van der Waals surface area contributed by atoms with Gasteiger partial charge in [-0.3, -0.25) is 0 Å². The van der Waals surface area contributed by atoms with Gasteiger partial charge in [0.25, 0.3) is 5.17 Å². The minimum absolute atomic E-state index is 0.0417. The van der Waals surface area contributed by atoms with Crippen LogP contribution < -0.4 is 0 Å². The van der Waals surface area contributed by atoms with Crippen LogP contribution in [0.3, 0.4) is 0 Å². The number of rotatable bonds is 2. The van der Waals surface area contributed by atoms with E-state index in [-0.39, 0.29) is 5.17 Å². The van der Waals surface area contributed by atoms with Gasteiger partial charge in [-0.15, -0.1) is 0 Å². The molecule has 0 aliphatic carbocycles. The van der Waals surface area contributed by atoms with Gasteiger partial charge in [-0.2, -0.15) is 0 Å². The smallest absolute Gasteiger partial charge is 0.258 e. The molecule has 0 saturated heterocycles. The highest BCUT2D eigenvalue weighted by Crippen LogP contribution is 1.90. The Balaban J connectivity index is 4.02. The molecule has 0 aromatic carbocycles. The monoisotopic (exact) mass is 150 g/mol. The van der Waals surface area contributed by atoms with Crippen molar-refractivity contribution in [2.24, 2.45) is 0 Å². The number of ether oxygens (including phenoxy) is 1. The molecule has 54 valence electrons. The summed E-state index contributed by atoms with van der Waals surface area (Å²) in [5, 5.41) is 0.0417. The number of methoxy groups -OCH3 is 1. The molecule has 9 heavy (non-hydrogen) atoms. The lowest BCUT2D eigenvalue weighted by atomic mass is 10.6. The summed E-state index contributed by atoms with van der Waals surface area (Å²) in [4.78, 5) is 1.67. The second-order valence-corrected chi connectivity index (χ2v) is 1.89. The molecule has 0 unspecified atom stereocenters. The molecular formula is C6H13NOS. The third-order valence-corrected chi connectivity index (χ3v) is 1.45. The van der Waals surface area contributed by atoms with Crippen molar-refractivity contribution < 1.29 is 8.85 Å². The van der Waals surface area contributed by atoms with Crippen LogP contribution in [0.1, 0.15) is 18.0 Å². The van der Waals surface area contributed by atoms with Gasteiger partial charge < -0.3 is 9.64 Å². The van der Waals surface area contributed by atoms with E-state index in [9.17, 15) is 0 Å². The van der Waals surface area contributed by atoms with E-state index >= 15 is 0 Å². The SMILES string of the molecule is [2H]C([2H])([2H])OC(=S)N(CC)CC. The Morgan fingerprint density at radius 3 is 2.56 bits per heavy atom. The summed E-state index contributed by atoms with van der Waals surface area (Å²) in [7, 11) is -2.43. The van der Waals surface area contributed by atoms with Crippen molar-refractivity contribution in [3.63, 3.8) is 0 Å². The quantitative estimate of drug-likeness (QED) is 0.550. The Hall–Kier alpha value is -0.310. The van der Waals surface area contributed by atoms with Gasteiger partial charge in [0.15, 0.2) is 0 Å². The maximum Gasteiger partial charge on any atom is 0.258 e. The van der Waals surface area contributed by atoms with Crippen molar-refractivity contribution >= 4 is 17.4 Å². The van der Waals surface area contributed by atoms with Crippen molar-refractivity contribution in [2.45, 2.75) is 13.8 Å². The maximum absolute atomic E-state index is 6.80. The third kappa shape index (κ3) is 2.65. The van der Waals surface area contributed by atoms with Crippen molar-refractivity contribution in [3.05, 3.63) is 0 Å². The summed E-state index contributed by atoms with van der Waals surface area (Å²) in [5.41, 5.74) is 0. The first kappa shape index (κ1) is 4.50. The van der Waals surface area contributed by atoms with E-state index in [1.807, 2.05) is 13.8 Å². The normalized spacial score (nSPS) is 15.1. The number of nitrogens with zero attached hydrogens (tertiary/aromatic N) is 1. The van der Waals surface area contributed by atoms with Gasteiger partial charge in [0, 0.05) is 13.1 Å². The van der Waals surface area contributed by atoms with E-state index in [4.69, 9.17) is 16.3 Å². The van der Waals surface area contributed by atoms with Crippen LogP contribution in [0.2, 0.25) is 0 Å². The van der Waals surface area contributed by atoms with Crippen LogP contribution in [0.4, 0.5) is 0 Å². The van der Waals surface area contributed by atoms with E-state index in [0.29, 0.717) is 13.1 Å². The Bertz CT molecular complexity index is 155. The predicted molar refractivity (Wildman–Crippen MR) is 42.5 cm³/mol. The molecule has 0 aromatic heterocycles. The van der Waals surface area contributed by atoms with Gasteiger partial charge in [0.2, 0.25) is 0 Å². The molecule has 0 radical (unpaired) electrons. The lowest BCUT2D eigenvalue weighted by Crippen LogP contribution is -2.29. The second kappa shape index (κ2) is 4.56. The van der Waals surface area contributed by atoms with Crippen LogP contribution >= 0.6 is 12.2 Å². The minimum atomic E-state index is -2.43. The summed E-state index contributed by atoms with van der Waals surface area (Å²) >= 11 is 4.77. The maximum atomic E-state index is 6.80. The van der Waals surface area contributed by atoms with E-state index < -0.39 is 7.04 Å². The van der Waals surface area contributed by atoms with E-state index in [0.717, 1.165) is 0 Å². The summed E-state index contributed by atoms with van der Waals surface area (Å²) < 4.78 is 24.9. The van der Waals surface area contributed by atoms with Crippen molar-refractivity contribution in [3.8, 4) is 0 Å². The van der Waals surface area contributed by atoms with Gasteiger partial charge in [-0.25, -0.2) is 0 Å². The van der Waals surface area contributed by atoms with E-state index in [1.54, 1.807) is 4.90 Å². The van der Waals surface area contributed by atoms with Gasteiger partial charge >= 0.3 is 0 Å². The average molecular weight is 150 g/mol. The predicted octanol–water partition coefficient (Wildman–Crippen LogP) is 1.26. The first-order chi connectivity index (χ1) is 5.40. The van der Waals surface area contributed by atoms with Gasteiger partial charge in [-0.1, -0.05) is 0 Å². The molecular weight excluding hydrogens is 134 g/mol. The highest BCUT2D eigenvalue weighted by atomic mass is 32.1. The van der Waals surface area contributed by atoms with Gasteiger partial charge in [0.05, 0.1) is 11.2 Å². The molecule has 0 rings (SSSR count). The van der Waals surface area contributed by atoms with Crippen LogP contribution in [-0.4, -0.2) is 30.2 Å². The van der Waals surface area contributed by atoms with E-state index in [2.05, 4.69) is 4.74 Å².